The van der Waals surface area contributed by atoms with Crippen LogP contribution < -0.4 is 0 Å². The minimum Gasteiger partial charge on any atom is -0.466 e. The van der Waals surface area contributed by atoms with Gasteiger partial charge in [0.05, 0.1) is 11.1 Å². The standard InChI is InChI=1S/C9H11Br3N2O2/c1-2-16-6(15)4-3-5-14-9(12)7(10)8(11)13-14/h2-5H2,1H3. The summed E-state index contributed by atoms with van der Waals surface area (Å²) >= 11 is 10.1. The molecule has 1 aromatic rings. The van der Waals surface area contributed by atoms with E-state index in [1.807, 2.05) is 0 Å². The highest BCUT2D eigenvalue weighted by Crippen LogP contribution is 2.30. The lowest BCUT2D eigenvalue weighted by atomic mass is 10.3. The van der Waals surface area contributed by atoms with Crippen molar-refractivity contribution in [2.24, 2.45) is 0 Å². The topological polar surface area (TPSA) is 44.1 Å². The number of hydrogen-bond acceptors (Lipinski definition) is 3. The molecule has 0 aliphatic carbocycles. The predicted molar refractivity (Wildman–Crippen MR) is 71.2 cm³/mol. The largest absolute Gasteiger partial charge is 0.466 e. The van der Waals surface area contributed by atoms with Crippen LogP contribution in [0.2, 0.25) is 0 Å². The van der Waals surface area contributed by atoms with E-state index in [-0.39, 0.29) is 5.97 Å². The Morgan fingerprint density at radius 2 is 2.12 bits per heavy atom. The van der Waals surface area contributed by atoms with Crippen molar-refractivity contribution in [3.63, 3.8) is 0 Å². The maximum Gasteiger partial charge on any atom is 0.305 e. The normalized spacial score (nSPS) is 10.5. The first-order valence-corrected chi connectivity index (χ1v) is 7.17. The molecule has 1 heterocycles. The Hall–Kier alpha value is 0.120. The van der Waals surface area contributed by atoms with Gasteiger partial charge < -0.3 is 4.74 Å². The average molecular weight is 419 g/mol. The number of nitrogens with zero attached hydrogens (tertiary/aromatic N) is 2. The van der Waals surface area contributed by atoms with Gasteiger partial charge in [0.2, 0.25) is 0 Å². The van der Waals surface area contributed by atoms with Gasteiger partial charge in [-0.15, -0.1) is 0 Å². The zero-order valence-corrected chi connectivity index (χ0v) is 13.4. The molecule has 0 amide bonds. The van der Waals surface area contributed by atoms with Crippen LogP contribution in [-0.4, -0.2) is 22.4 Å². The maximum absolute atomic E-state index is 11.1. The SMILES string of the molecule is CCOC(=O)CCCn1nc(Br)c(Br)c1Br. The summed E-state index contributed by atoms with van der Waals surface area (Å²) in [5.74, 6) is -0.163. The lowest BCUT2D eigenvalue weighted by molar-refractivity contribution is -0.143. The van der Waals surface area contributed by atoms with Gasteiger partial charge in [-0.3, -0.25) is 9.48 Å². The second-order valence-corrected chi connectivity index (χ2v) is 5.32. The smallest absolute Gasteiger partial charge is 0.305 e. The van der Waals surface area contributed by atoms with Gasteiger partial charge in [-0.05, 0) is 61.1 Å². The van der Waals surface area contributed by atoms with Crippen LogP contribution in [0.1, 0.15) is 19.8 Å². The van der Waals surface area contributed by atoms with Gasteiger partial charge in [0.25, 0.3) is 0 Å². The van der Waals surface area contributed by atoms with E-state index in [1.165, 1.54) is 0 Å². The molecular formula is C9H11Br3N2O2. The Kier molecular flexibility index (Phi) is 5.99. The Bertz CT molecular complexity index is 379. The first kappa shape index (κ1) is 14.2. The summed E-state index contributed by atoms with van der Waals surface area (Å²) in [5, 5.41) is 4.24. The molecule has 0 atom stereocenters. The van der Waals surface area contributed by atoms with E-state index in [2.05, 4.69) is 52.9 Å². The number of carbonyl (C=O) groups is 1. The Morgan fingerprint density at radius 3 is 2.62 bits per heavy atom. The van der Waals surface area contributed by atoms with Crippen LogP contribution in [0.3, 0.4) is 0 Å². The fourth-order valence-electron chi connectivity index (χ4n) is 1.15. The molecule has 4 nitrogen and oxygen atoms in total. The van der Waals surface area contributed by atoms with Crippen molar-refractivity contribution in [3.8, 4) is 0 Å². The van der Waals surface area contributed by atoms with E-state index in [1.54, 1.807) is 11.6 Å². The first-order chi connectivity index (χ1) is 7.56. The van der Waals surface area contributed by atoms with E-state index in [0.717, 1.165) is 13.7 Å². The fraction of sp³-hybridized carbons (Fsp3) is 0.556. The summed E-state index contributed by atoms with van der Waals surface area (Å²) in [6.45, 7) is 2.90. The Morgan fingerprint density at radius 1 is 1.44 bits per heavy atom. The molecule has 7 heteroatoms. The third-order valence-corrected chi connectivity index (χ3v) is 5.03. The number of carbonyl (C=O) groups excluding carboxylic acids is 1. The Labute approximate surface area is 119 Å². The van der Waals surface area contributed by atoms with Crippen molar-refractivity contribution in [3.05, 3.63) is 13.7 Å². The number of ether oxygens (including phenoxy) is 1. The van der Waals surface area contributed by atoms with Crippen LogP contribution in [-0.2, 0) is 16.1 Å². The second kappa shape index (κ2) is 6.76. The van der Waals surface area contributed by atoms with Crippen molar-refractivity contribution in [1.82, 2.24) is 9.78 Å². The maximum atomic E-state index is 11.1. The van der Waals surface area contributed by atoms with Gasteiger partial charge in [0.15, 0.2) is 0 Å². The zero-order chi connectivity index (χ0) is 12.1. The highest BCUT2D eigenvalue weighted by Gasteiger charge is 2.11. The minimum absolute atomic E-state index is 0.163. The summed E-state index contributed by atoms with van der Waals surface area (Å²) in [6.07, 6.45) is 1.12. The molecule has 16 heavy (non-hydrogen) atoms. The van der Waals surface area contributed by atoms with Crippen LogP contribution in [0.4, 0.5) is 0 Å². The van der Waals surface area contributed by atoms with E-state index in [9.17, 15) is 4.79 Å². The van der Waals surface area contributed by atoms with Crippen molar-refractivity contribution in [1.29, 1.82) is 0 Å². The lowest BCUT2D eigenvalue weighted by Crippen LogP contribution is -2.07. The van der Waals surface area contributed by atoms with Gasteiger partial charge in [0.1, 0.15) is 9.21 Å². The van der Waals surface area contributed by atoms with Gasteiger partial charge in [-0.25, -0.2) is 0 Å². The van der Waals surface area contributed by atoms with E-state index in [0.29, 0.717) is 26.0 Å². The van der Waals surface area contributed by atoms with Gasteiger partial charge in [-0.1, -0.05) is 0 Å². The quantitative estimate of drug-likeness (QED) is 0.687. The lowest BCUT2D eigenvalue weighted by Gasteiger charge is -2.03. The van der Waals surface area contributed by atoms with E-state index in [4.69, 9.17) is 4.74 Å². The summed E-state index contributed by atoms with van der Waals surface area (Å²) in [7, 11) is 0. The first-order valence-electron chi connectivity index (χ1n) is 4.79. The summed E-state index contributed by atoms with van der Waals surface area (Å²) in [5.41, 5.74) is 0. The third kappa shape index (κ3) is 3.85. The number of halogens is 3. The van der Waals surface area contributed by atoms with Crippen LogP contribution in [0.5, 0.6) is 0 Å². The number of aromatic nitrogens is 2. The Balaban J connectivity index is 2.43. The molecule has 0 saturated carbocycles. The molecule has 0 N–H and O–H groups in total. The molecule has 0 aromatic carbocycles. The molecule has 0 radical (unpaired) electrons. The van der Waals surface area contributed by atoms with E-state index >= 15 is 0 Å². The molecule has 90 valence electrons. The molecule has 1 aromatic heterocycles. The van der Waals surface area contributed by atoms with Crippen molar-refractivity contribution in [2.75, 3.05) is 6.61 Å². The van der Waals surface area contributed by atoms with Gasteiger partial charge in [-0.2, -0.15) is 5.10 Å². The highest BCUT2D eigenvalue weighted by molar-refractivity contribution is 9.14. The van der Waals surface area contributed by atoms with E-state index < -0.39 is 0 Å². The molecule has 0 saturated heterocycles. The number of rotatable bonds is 5. The zero-order valence-electron chi connectivity index (χ0n) is 8.67. The number of aryl methyl sites for hydroxylation is 1. The van der Waals surface area contributed by atoms with Crippen LogP contribution in [0.25, 0.3) is 0 Å². The minimum atomic E-state index is -0.163. The molecule has 0 fully saturated rings. The van der Waals surface area contributed by atoms with Crippen LogP contribution in [0.15, 0.2) is 13.7 Å². The molecule has 0 spiro atoms. The molecule has 0 bridgehead atoms. The number of hydrogen-bond donors (Lipinski definition) is 0. The summed E-state index contributed by atoms with van der Waals surface area (Å²) in [6, 6.07) is 0. The highest BCUT2D eigenvalue weighted by atomic mass is 79.9. The van der Waals surface area contributed by atoms with Gasteiger partial charge >= 0.3 is 5.97 Å². The van der Waals surface area contributed by atoms with Crippen LogP contribution in [0, 0.1) is 0 Å². The van der Waals surface area contributed by atoms with Crippen molar-refractivity contribution >= 4 is 53.8 Å². The number of esters is 1. The monoisotopic (exact) mass is 416 g/mol. The van der Waals surface area contributed by atoms with Crippen molar-refractivity contribution in [2.45, 2.75) is 26.3 Å². The van der Waals surface area contributed by atoms with Crippen molar-refractivity contribution < 1.29 is 9.53 Å². The third-order valence-electron chi connectivity index (χ3n) is 1.85. The predicted octanol–water partition coefficient (Wildman–Crippen LogP) is 3.51. The molecular weight excluding hydrogens is 408 g/mol. The average Bonchev–Trinajstić information content (AvgIpc) is 2.47. The second-order valence-electron chi connectivity index (χ2n) is 3.03. The molecule has 0 aliphatic heterocycles. The molecule has 0 unspecified atom stereocenters. The summed E-state index contributed by atoms with van der Waals surface area (Å²) < 4.78 is 9.11. The van der Waals surface area contributed by atoms with Gasteiger partial charge in [0, 0.05) is 13.0 Å². The fourth-order valence-corrected chi connectivity index (χ4v) is 2.52. The molecule has 0 aliphatic rings. The van der Waals surface area contributed by atoms with Crippen LogP contribution >= 0.6 is 47.8 Å². The summed E-state index contributed by atoms with van der Waals surface area (Å²) in [4.78, 5) is 11.1. The molecule has 1 rings (SSSR count).